The molecule has 0 heterocycles. The van der Waals surface area contributed by atoms with Crippen molar-refractivity contribution >= 4 is 14.6 Å². The first kappa shape index (κ1) is 16.6. The average molecular weight is 296 g/mol. The summed E-state index contributed by atoms with van der Waals surface area (Å²) in [5, 5.41) is 0.0940. The minimum atomic E-state index is -1.94. The number of hydrogen-bond acceptors (Lipinski definition) is 4. The van der Waals surface area contributed by atoms with E-state index in [2.05, 4.69) is 33.9 Å². The van der Waals surface area contributed by atoms with Crippen LogP contribution in [0.4, 0.5) is 0 Å². The summed E-state index contributed by atoms with van der Waals surface area (Å²) in [7, 11) is 1.11. The first-order valence-electron chi connectivity index (χ1n) is 6.56. The molecule has 5 heteroatoms. The second kappa shape index (κ2) is 5.87. The molecule has 4 nitrogen and oxygen atoms in total. The van der Waals surface area contributed by atoms with Crippen molar-refractivity contribution in [2.75, 3.05) is 14.2 Å². The van der Waals surface area contributed by atoms with Gasteiger partial charge in [0.1, 0.15) is 17.2 Å². The van der Waals surface area contributed by atoms with E-state index in [-0.39, 0.29) is 5.04 Å². The van der Waals surface area contributed by atoms with Crippen molar-refractivity contribution in [3.05, 3.63) is 17.7 Å². The molecule has 0 spiro atoms. The number of methoxy groups -OCH3 is 2. The lowest BCUT2D eigenvalue weighted by atomic mass is 10.2. The van der Waals surface area contributed by atoms with Crippen LogP contribution in [0.1, 0.15) is 31.1 Å². The van der Waals surface area contributed by atoms with Gasteiger partial charge in [-0.05, 0) is 18.1 Å². The molecule has 0 saturated heterocycles. The summed E-state index contributed by atoms with van der Waals surface area (Å²) in [5.74, 6) is 1.61. The largest absolute Gasteiger partial charge is 0.543 e. The van der Waals surface area contributed by atoms with E-state index in [0.29, 0.717) is 22.8 Å². The number of ether oxygens (including phenoxy) is 2. The predicted octanol–water partition coefficient (Wildman–Crippen LogP) is 3.90. The third-order valence-corrected chi connectivity index (χ3v) is 8.17. The summed E-state index contributed by atoms with van der Waals surface area (Å²) in [6, 6.07) is 3.49. The minimum absolute atomic E-state index is 0.0940. The molecular weight excluding hydrogens is 272 g/mol. The van der Waals surface area contributed by atoms with E-state index in [9.17, 15) is 4.79 Å². The summed E-state index contributed by atoms with van der Waals surface area (Å²) >= 11 is 0. The third-order valence-electron chi connectivity index (χ3n) is 3.81. The highest BCUT2D eigenvalue weighted by molar-refractivity contribution is 6.74. The van der Waals surface area contributed by atoms with Crippen molar-refractivity contribution < 1.29 is 18.7 Å². The van der Waals surface area contributed by atoms with E-state index in [1.165, 1.54) is 14.2 Å². The molecule has 1 aromatic carbocycles. The van der Waals surface area contributed by atoms with Crippen molar-refractivity contribution in [3.63, 3.8) is 0 Å². The van der Waals surface area contributed by atoms with Crippen molar-refractivity contribution in [2.24, 2.45) is 0 Å². The maximum atomic E-state index is 11.1. The second-order valence-corrected chi connectivity index (χ2v) is 10.9. The highest BCUT2D eigenvalue weighted by Gasteiger charge is 2.39. The minimum Gasteiger partial charge on any atom is -0.543 e. The second-order valence-electron chi connectivity index (χ2n) is 6.22. The lowest BCUT2D eigenvalue weighted by Crippen LogP contribution is -2.43. The fourth-order valence-corrected chi connectivity index (χ4v) is 2.55. The number of aldehydes is 1. The number of hydrogen-bond donors (Lipinski definition) is 0. The SMILES string of the molecule is COc1cc(O[Si](C)(C)C(C)(C)C)cc(OC)c1C=O. The molecule has 0 bridgehead atoms. The molecule has 112 valence electrons. The Bertz CT molecular complexity index is 464. The van der Waals surface area contributed by atoms with Gasteiger partial charge in [-0.15, -0.1) is 0 Å². The zero-order valence-electron chi connectivity index (χ0n) is 13.4. The van der Waals surface area contributed by atoms with E-state index in [1.54, 1.807) is 12.1 Å². The molecule has 0 atom stereocenters. The first-order valence-corrected chi connectivity index (χ1v) is 9.47. The van der Waals surface area contributed by atoms with Gasteiger partial charge in [-0.3, -0.25) is 4.79 Å². The van der Waals surface area contributed by atoms with Crippen LogP contribution in [0.2, 0.25) is 18.1 Å². The maximum absolute atomic E-state index is 11.1. The van der Waals surface area contributed by atoms with Gasteiger partial charge in [0.2, 0.25) is 8.32 Å². The van der Waals surface area contributed by atoms with Crippen LogP contribution in [0.15, 0.2) is 12.1 Å². The fourth-order valence-electron chi connectivity index (χ4n) is 1.54. The van der Waals surface area contributed by atoms with Crippen LogP contribution >= 0.6 is 0 Å². The standard InChI is InChI=1S/C15H24O4Si/c1-15(2,3)20(6,7)19-11-8-13(17-4)12(10-16)14(9-11)18-5/h8-10H,1-7H3. The Kier molecular flexibility index (Phi) is 4.86. The van der Waals surface area contributed by atoms with E-state index in [4.69, 9.17) is 13.9 Å². The Morgan fingerprint density at radius 3 is 1.80 bits per heavy atom. The van der Waals surface area contributed by atoms with Crippen LogP contribution in [0, 0.1) is 0 Å². The summed E-state index contributed by atoms with van der Waals surface area (Å²) in [4.78, 5) is 11.1. The Morgan fingerprint density at radius 2 is 1.50 bits per heavy atom. The smallest absolute Gasteiger partial charge is 0.250 e. The van der Waals surface area contributed by atoms with E-state index in [1.807, 2.05) is 0 Å². The fraction of sp³-hybridized carbons (Fsp3) is 0.533. The van der Waals surface area contributed by atoms with Gasteiger partial charge in [-0.1, -0.05) is 20.8 Å². The number of benzene rings is 1. The third kappa shape index (κ3) is 3.33. The predicted molar refractivity (Wildman–Crippen MR) is 82.8 cm³/mol. The molecule has 0 N–H and O–H groups in total. The number of carbonyl (C=O) groups is 1. The topological polar surface area (TPSA) is 44.8 Å². The monoisotopic (exact) mass is 296 g/mol. The van der Waals surface area contributed by atoms with Crippen LogP contribution in [0.3, 0.4) is 0 Å². The van der Waals surface area contributed by atoms with Gasteiger partial charge in [-0.2, -0.15) is 0 Å². The number of carbonyl (C=O) groups excluding carboxylic acids is 1. The maximum Gasteiger partial charge on any atom is 0.250 e. The molecule has 1 aromatic rings. The van der Waals surface area contributed by atoms with Gasteiger partial charge in [0, 0.05) is 12.1 Å². The van der Waals surface area contributed by atoms with Crippen molar-refractivity contribution in [1.82, 2.24) is 0 Å². The van der Waals surface area contributed by atoms with Crippen LogP contribution in [-0.2, 0) is 0 Å². The Balaban J connectivity index is 3.24. The van der Waals surface area contributed by atoms with Gasteiger partial charge in [0.05, 0.1) is 19.8 Å². The van der Waals surface area contributed by atoms with Gasteiger partial charge < -0.3 is 13.9 Å². The molecule has 0 aliphatic rings. The van der Waals surface area contributed by atoms with Gasteiger partial charge >= 0.3 is 0 Å². The van der Waals surface area contributed by atoms with Crippen molar-refractivity contribution in [1.29, 1.82) is 0 Å². The molecule has 0 saturated carbocycles. The zero-order chi connectivity index (χ0) is 15.6. The Labute approximate surface area is 122 Å². The lowest BCUT2D eigenvalue weighted by molar-refractivity contribution is 0.111. The first-order chi connectivity index (χ1) is 9.16. The molecule has 0 aromatic heterocycles. The Hall–Kier alpha value is -1.49. The van der Waals surface area contributed by atoms with Crippen molar-refractivity contribution in [3.8, 4) is 17.2 Å². The molecule has 0 radical (unpaired) electrons. The van der Waals surface area contributed by atoms with Crippen LogP contribution < -0.4 is 13.9 Å². The quantitative estimate of drug-likeness (QED) is 0.610. The molecule has 1 rings (SSSR count). The summed E-state index contributed by atoms with van der Waals surface area (Å²) < 4.78 is 16.7. The molecule has 0 aliphatic heterocycles. The lowest BCUT2D eigenvalue weighted by Gasteiger charge is -2.36. The molecule has 0 amide bonds. The van der Waals surface area contributed by atoms with E-state index in [0.717, 1.165) is 6.29 Å². The Morgan fingerprint density at radius 1 is 1.05 bits per heavy atom. The summed E-state index contributed by atoms with van der Waals surface area (Å²) in [5.41, 5.74) is 0.401. The van der Waals surface area contributed by atoms with Gasteiger partial charge in [-0.25, -0.2) is 0 Å². The van der Waals surface area contributed by atoms with Crippen LogP contribution in [-0.4, -0.2) is 28.8 Å². The molecular formula is C15H24O4Si. The van der Waals surface area contributed by atoms with Gasteiger partial charge in [0.15, 0.2) is 6.29 Å². The molecule has 0 unspecified atom stereocenters. The average Bonchev–Trinajstić information content (AvgIpc) is 2.35. The molecule has 0 aliphatic carbocycles. The van der Waals surface area contributed by atoms with Crippen LogP contribution in [0.5, 0.6) is 17.2 Å². The molecule has 0 fully saturated rings. The highest BCUT2D eigenvalue weighted by Crippen LogP contribution is 2.40. The van der Waals surface area contributed by atoms with E-state index < -0.39 is 8.32 Å². The zero-order valence-corrected chi connectivity index (χ0v) is 14.4. The normalized spacial score (nSPS) is 11.9. The number of rotatable bonds is 5. The highest BCUT2D eigenvalue weighted by atomic mass is 28.4. The van der Waals surface area contributed by atoms with Crippen LogP contribution in [0.25, 0.3) is 0 Å². The summed E-state index contributed by atoms with van der Waals surface area (Å²) in [6.07, 6.45) is 0.730. The molecule has 20 heavy (non-hydrogen) atoms. The van der Waals surface area contributed by atoms with Crippen molar-refractivity contribution in [2.45, 2.75) is 38.9 Å². The van der Waals surface area contributed by atoms with E-state index >= 15 is 0 Å². The summed E-state index contributed by atoms with van der Waals surface area (Å²) in [6.45, 7) is 10.9. The van der Waals surface area contributed by atoms with Gasteiger partial charge in [0.25, 0.3) is 0 Å².